The summed E-state index contributed by atoms with van der Waals surface area (Å²) in [4.78, 5) is 19.9. The van der Waals surface area contributed by atoms with Crippen molar-refractivity contribution in [3.63, 3.8) is 0 Å². The van der Waals surface area contributed by atoms with Gasteiger partial charge in [0.25, 0.3) is 5.91 Å². The minimum Gasteiger partial charge on any atom is -0.370 e. The summed E-state index contributed by atoms with van der Waals surface area (Å²) >= 11 is 0. The standard InChI is InChI=1S/C37H44N6O/c38-37(39)40-23-10-17-34-26-43(27-35(30-13-6-2-7-14-30)31-15-8-3-9-16-31)24-22-33(42-34)25-41-36(44)32-20-18-29(19-21-32)28-11-4-1-5-12-28/h1-9,11-16,18-21,33-35,42H,10,17,22-27H2,(H,41,44)(H4,38,39,40). The highest BCUT2D eigenvalue weighted by Gasteiger charge is 2.26. The van der Waals surface area contributed by atoms with Crippen LogP contribution in [-0.2, 0) is 0 Å². The molecule has 2 atom stereocenters. The van der Waals surface area contributed by atoms with Crippen LogP contribution in [-0.4, -0.2) is 61.6 Å². The Balaban J connectivity index is 1.24. The Hall–Kier alpha value is -4.46. The number of hydrogen-bond acceptors (Lipinski definition) is 4. The molecule has 0 saturated carbocycles. The highest BCUT2D eigenvalue weighted by Crippen LogP contribution is 2.27. The van der Waals surface area contributed by atoms with E-state index in [0.717, 1.165) is 50.0 Å². The van der Waals surface area contributed by atoms with Gasteiger partial charge < -0.3 is 27.0 Å². The fourth-order valence-electron chi connectivity index (χ4n) is 6.05. The molecule has 4 aromatic rings. The molecule has 4 aromatic carbocycles. The topological polar surface area (TPSA) is 109 Å². The first-order valence-corrected chi connectivity index (χ1v) is 15.6. The lowest BCUT2D eigenvalue weighted by Gasteiger charge is -2.29. The lowest BCUT2D eigenvalue weighted by Crippen LogP contribution is -2.46. The molecular formula is C37H44N6O. The summed E-state index contributed by atoms with van der Waals surface area (Å²) in [6.07, 6.45) is 2.77. The van der Waals surface area contributed by atoms with E-state index in [1.165, 1.54) is 11.1 Å². The molecule has 1 aliphatic rings. The molecule has 0 radical (unpaired) electrons. The van der Waals surface area contributed by atoms with Gasteiger partial charge in [0.1, 0.15) is 0 Å². The number of carbonyl (C=O) groups is 1. The maximum atomic E-state index is 13.1. The summed E-state index contributed by atoms with van der Waals surface area (Å²) in [7, 11) is 0. The molecule has 1 heterocycles. The number of nitrogens with one attached hydrogen (secondary N) is 2. The van der Waals surface area contributed by atoms with Crippen molar-refractivity contribution in [3.05, 3.63) is 132 Å². The number of guanidine groups is 1. The molecule has 228 valence electrons. The number of rotatable bonds is 12. The third kappa shape index (κ3) is 9.02. The SMILES string of the molecule is NC(N)=NCCCC1CN(CC(c2ccccc2)c2ccccc2)CCC(CNC(=O)c2ccc(-c3ccccc3)cc2)N1. The van der Waals surface area contributed by atoms with E-state index in [-0.39, 0.29) is 29.9 Å². The number of carbonyl (C=O) groups excluding carboxylic acids is 1. The second kappa shape index (κ2) is 15.8. The number of benzene rings is 4. The number of hydrogen-bond donors (Lipinski definition) is 4. The first kappa shape index (κ1) is 31.0. The minimum absolute atomic E-state index is 0.0509. The van der Waals surface area contributed by atoms with Crippen LogP contribution in [0.3, 0.4) is 0 Å². The molecule has 6 N–H and O–H groups in total. The highest BCUT2D eigenvalue weighted by molar-refractivity contribution is 5.94. The zero-order chi connectivity index (χ0) is 30.6. The van der Waals surface area contributed by atoms with Gasteiger partial charge in [0.15, 0.2) is 5.96 Å². The Morgan fingerprint density at radius 2 is 1.41 bits per heavy atom. The van der Waals surface area contributed by atoms with Crippen LogP contribution in [0.4, 0.5) is 0 Å². The van der Waals surface area contributed by atoms with Crippen LogP contribution in [0.2, 0.25) is 0 Å². The van der Waals surface area contributed by atoms with Crippen molar-refractivity contribution >= 4 is 11.9 Å². The van der Waals surface area contributed by atoms with Gasteiger partial charge in [-0.15, -0.1) is 0 Å². The summed E-state index contributed by atoms with van der Waals surface area (Å²) in [5, 5.41) is 7.05. The van der Waals surface area contributed by atoms with Crippen LogP contribution in [0, 0.1) is 0 Å². The van der Waals surface area contributed by atoms with Crippen molar-refractivity contribution in [1.29, 1.82) is 0 Å². The zero-order valence-corrected chi connectivity index (χ0v) is 25.3. The molecule has 7 nitrogen and oxygen atoms in total. The molecule has 7 heteroatoms. The first-order chi connectivity index (χ1) is 21.5. The van der Waals surface area contributed by atoms with Crippen molar-refractivity contribution in [2.45, 2.75) is 37.3 Å². The summed E-state index contributed by atoms with van der Waals surface area (Å²) in [6, 6.07) is 40.0. The monoisotopic (exact) mass is 588 g/mol. The van der Waals surface area contributed by atoms with Gasteiger partial charge in [0.2, 0.25) is 0 Å². The van der Waals surface area contributed by atoms with Gasteiger partial charge in [-0.2, -0.15) is 0 Å². The average molecular weight is 589 g/mol. The van der Waals surface area contributed by atoms with Crippen LogP contribution in [0.1, 0.15) is 46.7 Å². The lowest BCUT2D eigenvalue weighted by atomic mass is 9.90. The Bertz CT molecular complexity index is 1420. The number of nitrogens with zero attached hydrogens (tertiary/aromatic N) is 2. The molecule has 0 spiro atoms. The van der Waals surface area contributed by atoms with Crippen molar-refractivity contribution in [1.82, 2.24) is 15.5 Å². The predicted molar refractivity (Wildman–Crippen MR) is 181 cm³/mol. The largest absolute Gasteiger partial charge is 0.370 e. The third-order valence-electron chi connectivity index (χ3n) is 8.36. The van der Waals surface area contributed by atoms with Crippen molar-refractivity contribution in [2.24, 2.45) is 16.5 Å². The van der Waals surface area contributed by atoms with Gasteiger partial charge in [0.05, 0.1) is 0 Å². The van der Waals surface area contributed by atoms with E-state index in [0.29, 0.717) is 18.7 Å². The van der Waals surface area contributed by atoms with E-state index in [2.05, 4.69) is 93.3 Å². The Labute approximate surface area is 261 Å². The maximum Gasteiger partial charge on any atom is 0.251 e. The molecule has 1 fully saturated rings. The maximum absolute atomic E-state index is 13.1. The Kier molecular flexibility index (Phi) is 11.2. The first-order valence-electron chi connectivity index (χ1n) is 15.6. The molecule has 0 aromatic heterocycles. The van der Waals surface area contributed by atoms with Gasteiger partial charge in [-0.3, -0.25) is 9.79 Å². The molecule has 1 saturated heterocycles. The molecule has 5 rings (SSSR count). The summed E-state index contributed by atoms with van der Waals surface area (Å²) in [5.74, 6) is 0.353. The number of aliphatic imine (C=N–C) groups is 1. The van der Waals surface area contributed by atoms with Gasteiger partial charge in [-0.05, 0) is 60.2 Å². The Morgan fingerprint density at radius 3 is 2.02 bits per heavy atom. The fourth-order valence-corrected chi connectivity index (χ4v) is 6.05. The van der Waals surface area contributed by atoms with E-state index < -0.39 is 0 Å². The third-order valence-corrected chi connectivity index (χ3v) is 8.36. The van der Waals surface area contributed by atoms with Gasteiger partial charge in [-0.1, -0.05) is 103 Å². The van der Waals surface area contributed by atoms with Crippen LogP contribution in [0.25, 0.3) is 11.1 Å². The van der Waals surface area contributed by atoms with Crippen molar-refractivity contribution in [2.75, 3.05) is 32.7 Å². The second-order valence-corrected chi connectivity index (χ2v) is 11.6. The summed E-state index contributed by atoms with van der Waals surface area (Å²) in [6.45, 7) is 3.96. The lowest BCUT2D eigenvalue weighted by molar-refractivity contribution is 0.0948. The van der Waals surface area contributed by atoms with Crippen molar-refractivity contribution in [3.8, 4) is 11.1 Å². The van der Waals surface area contributed by atoms with E-state index in [1.54, 1.807) is 0 Å². The summed E-state index contributed by atoms with van der Waals surface area (Å²) < 4.78 is 0. The van der Waals surface area contributed by atoms with E-state index in [4.69, 9.17) is 11.5 Å². The van der Waals surface area contributed by atoms with E-state index >= 15 is 0 Å². The molecule has 1 amide bonds. The quantitative estimate of drug-likeness (QED) is 0.106. The molecule has 2 unspecified atom stereocenters. The van der Waals surface area contributed by atoms with Crippen molar-refractivity contribution < 1.29 is 4.79 Å². The molecule has 0 aliphatic carbocycles. The second-order valence-electron chi connectivity index (χ2n) is 11.6. The average Bonchev–Trinajstić information content (AvgIpc) is 3.27. The van der Waals surface area contributed by atoms with Crippen LogP contribution in [0.5, 0.6) is 0 Å². The normalized spacial score (nSPS) is 17.1. The fraction of sp³-hybridized carbons (Fsp3) is 0.297. The zero-order valence-electron chi connectivity index (χ0n) is 25.3. The van der Waals surface area contributed by atoms with E-state index in [1.807, 2.05) is 42.5 Å². The van der Waals surface area contributed by atoms with Crippen LogP contribution in [0.15, 0.2) is 120 Å². The van der Waals surface area contributed by atoms with Gasteiger partial charge in [-0.25, -0.2) is 0 Å². The molecule has 0 bridgehead atoms. The summed E-state index contributed by atoms with van der Waals surface area (Å²) in [5.41, 5.74) is 16.7. The van der Waals surface area contributed by atoms with Gasteiger partial charge in [0, 0.05) is 49.7 Å². The minimum atomic E-state index is -0.0509. The van der Waals surface area contributed by atoms with Gasteiger partial charge >= 0.3 is 0 Å². The Morgan fingerprint density at radius 1 is 0.818 bits per heavy atom. The predicted octanol–water partition coefficient (Wildman–Crippen LogP) is 5.00. The molecule has 1 aliphatic heterocycles. The number of nitrogens with two attached hydrogens (primary N) is 2. The molecular weight excluding hydrogens is 544 g/mol. The van der Waals surface area contributed by atoms with E-state index in [9.17, 15) is 4.79 Å². The number of amides is 1. The van der Waals surface area contributed by atoms with Crippen LogP contribution < -0.4 is 22.1 Å². The molecule has 44 heavy (non-hydrogen) atoms. The smallest absolute Gasteiger partial charge is 0.251 e. The highest BCUT2D eigenvalue weighted by atomic mass is 16.1. The van der Waals surface area contributed by atoms with Crippen LogP contribution >= 0.6 is 0 Å².